The van der Waals surface area contributed by atoms with Crippen molar-refractivity contribution in [3.63, 3.8) is 0 Å². The average molecular weight is 1180 g/mol. The number of hydrogen-bond acceptors (Lipinski definition) is 9. The van der Waals surface area contributed by atoms with Crippen LogP contribution in [0.25, 0.3) is 42.9 Å². The van der Waals surface area contributed by atoms with Gasteiger partial charge in [-0.2, -0.15) is 18.3 Å². The lowest BCUT2D eigenvalue weighted by molar-refractivity contribution is -0.152. The molecule has 0 saturated heterocycles. The second-order valence-electron chi connectivity index (χ2n) is 24.6. The molecular weight excluding hydrogens is 1090 g/mol. The smallest absolute Gasteiger partial charge is 0.422 e. The second kappa shape index (κ2) is 30.4. The third-order valence-electron chi connectivity index (χ3n) is 18.7. The molecule has 8 nitrogen and oxygen atoms in total. The topological polar surface area (TPSA) is 82.5 Å². The number of rotatable bonds is 28. The maximum atomic E-state index is 12.7. The number of halogens is 3. The van der Waals surface area contributed by atoms with Gasteiger partial charge in [0.15, 0.2) is 0 Å². The Labute approximate surface area is 506 Å². The molecule has 0 aliphatic heterocycles. The zero-order valence-corrected chi connectivity index (χ0v) is 51.1. The highest BCUT2D eigenvalue weighted by Crippen LogP contribution is 2.43. The summed E-state index contributed by atoms with van der Waals surface area (Å²) >= 11 is 1.69. The zero-order chi connectivity index (χ0) is 59.0. The number of carbonyl (C=O) groups excluding carboxylic acids is 1. The van der Waals surface area contributed by atoms with Gasteiger partial charge >= 0.3 is 12.1 Å². The minimum Gasteiger partial charge on any atom is -0.493 e. The second-order valence-corrected chi connectivity index (χ2v) is 25.6. The first-order valence-electron chi connectivity index (χ1n) is 32.2. The monoisotopic (exact) mass is 1180 g/mol. The number of fused-ring (bicyclic) bond motifs is 4. The highest BCUT2D eigenvalue weighted by atomic mass is 32.1. The first kappa shape index (κ1) is 61.8. The number of nitrogens with zero attached hydrogens (tertiary/aromatic N) is 3. The molecule has 3 saturated carbocycles. The molecule has 0 amide bonds. The Morgan fingerprint density at radius 1 is 0.682 bits per heavy atom. The van der Waals surface area contributed by atoms with Gasteiger partial charge in [-0.25, -0.2) is 14.8 Å². The van der Waals surface area contributed by atoms with Crippen molar-refractivity contribution in [2.24, 2.45) is 28.8 Å². The lowest BCUT2D eigenvalue weighted by atomic mass is 9.71. The number of unbranched alkanes of at least 4 members (excludes halogenated alkanes) is 7. The number of hydrazone groups is 1. The van der Waals surface area contributed by atoms with E-state index in [1.807, 2.05) is 6.21 Å². The van der Waals surface area contributed by atoms with Crippen LogP contribution in [0.2, 0.25) is 0 Å². The highest BCUT2D eigenvalue weighted by Gasteiger charge is 2.38. The number of aromatic nitrogens is 1. The number of carbonyl (C=O) groups is 1. The third-order valence-corrected chi connectivity index (χ3v) is 19.7. The van der Waals surface area contributed by atoms with Gasteiger partial charge in [-0.1, -0.05) is 174 Å². The van der Waals surface area contributed by atoms with E-state index in [0.717, 1.165) is 118 Å². The van der Waals surface area contributed by atoms with Gasteiger partial charge in [-0.3, -0.25) is 0 Å². The summed E-state index contributed by atoms with van der Waals surface area (Å²) in [5.74, 6) is 3.55. The van der Waals surface area contributed by atoms with E-state index < -0.39 is 17.7 Å². The Morgan fingerprint density at radius 2 is 1.35 bits per heavy atom. The van der Waals surface area contributed by atoms with Crippen LogP contribution in [0.3, 0.4) is 0 Å². The molecule has 1 heterocycles. The van der Waals surface area contributed by atoms with Crippen molar-refractivity contribution in [1.82, 2.24) is 4.98 Å². The van der Waals surface area contributed by atoms with E-state index in [1.165, 1.54) is 112 Å². The van der Waals surface area contributed by atoms with Gasteiger partial charge < -0.3 is 18.9 Å². The number of ether oxygens (including phenoxy) is 4. The van der Waals surface area contributed by atoms with Gasteiger partial charge in [0, 0.05) is 17.5 Å². The fraction of sp³-hybridized carbons (Fsp3) is 0.493. The molecule has 0 N–H and O–H groups in total. The molecular formula is C73H88F3N3O5S. The van der Waals surface area contributed by atoms with Crippen molar-refractivity contribution >= 4 is 60.4 Å². The Morgan fingerprint density at radius 3 is 2.09 bits per heavy atom. The van der Waals surface area contributed by atoms with Gasteiger partial charge in [-0.05, 0) is 182 Å². The molecule has 3 fully saturated rings. The molecule has 7 aromatic rings. The van der Waals surface area contributed by atoms with Crippen LogP contribution in [-0.4, -0.2) is 55.8 Å². The molecule has 452 valence electrons. The van der Waals surface area contributed by atoms with Crippen molar-refractivity contribution in [1.29, 1.82) is 0 Å². The minimum absolute atomic E-state index is 0.0299. The van der Waals surface area contributed by atoms with Crippen LogP contribution >= 0.6 is 11.3 Å². The fourth-order valence-corrected chi connectivity index (χ4v) is 14.4. The summed E-state index contributed by atoms with van der Waals surface area (Å²) in [4.78, 5) is 16.9. The van der Waals surface area contributed by atoms with E-state index in [1.54, 1.807) is 11.3 Å². The van der Waals surface area contributed by atoms with E-state index in [0.29, 0.717) is 36.9 Å². The van der Waals surface area contributed by atoms with Crippen LogP contribution < -0.4 is 14.5 Å². The van der Waals surface area contributed by atoms with Crippen molar-refractivity contribution in [2.75, 3.05) is 31.4 Å². The van der Waals surface area contributed by atoms with E-state index in [4.69, 9.17) is 29.0 Å². The molecule has 0 unspecified atom stereocenters. The number of thiazole rings is 1. The first-order chi connectivity index (χ1) is 41.5. The zero-order valence-electron chi connectivity index (χ0n) is 50.2. The highest BCUT2D eigenvalue weighted by molar-refractivity contribution is 7.22. The predicted molar refractivity (Wildman–Crippen MR) is 343 cm³/mol. The van der Waals surface area contributed by atoms with Crippen LogP contribution in [0, 0.1) is 23.7 Å². The number of esters is 1. The summed E-state index contributed by atoms with van der Waals surface area (Å²) in [6.07, 6.45) is 23.7. The maximum Gasteiger partial charge on any atom is 0.422 e. The Hall–Kier alpha value is -6.24. The van der Waals surface area contributed by atoms with Gasteiger partial charge in [0.1, 0.15) is 30.3 Å². The molecule has 0 radical (unpaired) electrons. The molecule has 12 heteroatoms. The van der Waals surface area contributed by atoms with Crippen LogP contribution in [0.4, 0.5) is 18.3 Å². The Kier molecular flexibility index (Phi) is 22.1. The van der Waals surface area contributed by atoms with Crippen LogP contribution in [0.1, 0.15) is 178 Å². The summed E-state index contributed by atoms with van der Waals surface area (Å²) in [6.45, 7) is 9.06. The summed E-state index contributed by atoms with van der Waals surface area (Å²) in [6, 6.07) is 41.7. The largest absolute Gasteiger partial charge is 0.493 e. The minimum atomic E-state index is -4.80. The van der Waals surface area contributed by atoms with Crippen LogP contribution in [-0.2, 0) is 20.9 Å². The third kappa shape index (κ3) is 16.8. The fourth-order valence-electron chi connectivity index (χ4n) is 13.5. The van der Waals surface area contributed by atoms with Crippen molar-refractivity contribution in [3.8, 4) is 22.6 Å². The Bertz CT molecular complexity index is 3280. The average Bonchev–Trinajstić information content (AvgIpc) is 3.88. The van der Waals surface area contributed by atoms with Crippen LogP contribution in [0.5, 0.6) is 11.5 Å². The van der Waals surface area contributed by atoms with Gasteiger partial charge in [0.25, 0.3) is 0 Å². The van der Waals surface area contributed by atoms with Crippen molar-refractivity contribution < 1.29 is 36.9 Å². The van der Waals surface area contributed by atoms with Crippen molar-refractivity contribution in [3.05, 3.63) is 144 Å². The summed E-state index contributed by atoms with van der Waals surface area (Å²) in [5, 5.41) is 12.7. The molecule has 0 atom stereocenters. The standard InChI is InChI=1S/C73H88F3N3O5S/c1-4-6-8-9-10-14-44-79(72-78-70-66-17-13-12-16-61(66)37-43-69(70)85-72)77-48-67-65-41-40-64(83-49-53-20-26-57(27-21-53)60-34-38-63(39-35-60)81-45-46-82-71(80)51(3)73(74,75)76)47-62(65)36-42-68(67)84-50-54-22-28-56(29-23-54)59-32-30-58(31-33-59)55-24-18-52(19-25-55)15-11-7-5-2/h12-13,16-17,22-23,28-33,36-37,40-43,47-48,52-53,55,57,60,63H,3-11,14-15,18-21,24-27,34-35,38-39,44-46,49-50H2,1-2H3/b77-48+. The molecule has 0 spiro atoms. The maximum absolute atomic E-state index is 12.7. The SMILES string of the molecule is C=C(C(=O)OCCOC1CCC(C2CCC(COc3ccc4c(/C=N/N(CCCCCCCC)c5nc6c(ccc7ccccc76)s5)c(OCc5ccc(-c6ccc(C7CCC(CCCCC)CC7)cc6)cc5)ccc4c3)CC2)CC1)C(F)(F)F. The van der Waals surface area contributed by atoms with Gasteiger partial charge in [-0.15, -0.1) is 0 Å². The first-order valence-corrected chi connectivity index (χ1v) is 33.0. The van der Waals surface area contributed by atoms with Crippen molar-refractivity contribution in [2.45, 2.75) is 180 Å². The predicted octanol–water partition coefficient (Wildman–Crippen LogP) is 20.3. The molecule has 10 rings (SSSR count). The number of alkyl halides is 3. The number of anilines is 1. The molecule has 1 aromatic heterocycles. The summed E-state index contributed by atoms with van der Waals surface area (Å²) in [7, 11) is 0. The summed E-state index contributed by atoms with van der Waals surface area (Å²) < 4.78 is 63.4. The van der Waals surface area contributed by atoms with E-state index >= 15 is 0 Å². The number of benzene rings is 6. The van der Waals surface area contributed by atoms with Gasteiger partial charge in [0.2, 0.25) is 5.13 Å². The normalized spacial score (nSPS) is 20.3. The molecule has 0 bridgehead atoms. The van der Waals surface area contributed by atoms with E-state index in [9.17, 15) is 18.0 Å². The molecule has 3 aliphatic carbocycles. The van der Waals surface area contributed by atoms with E-state index in [2.05, 4.69) is 141 Å². The lowest BCUT2D eigenvalue weighted by Gasteiger charge is -2.37. The summed E-state index contributed by atoms with van der Waals surface area (Å²) in [5.41, 5.74) is 5.47. The molecule has 3 aliphatic rings. The van der Waals surface area contributed by atoms with Crippen LogP contribution in [0.15, 0.2) is 133 Å². The quantitative estimate of drug-likeness (QED) is 0.0159. The Balaban J connectivity index is 0.798. The van der Waals surface area contributed by atoms with Gasteiger partial charge in [0.05, 0.1) is 35.7 Å². The molecule has 6 aromatic carbocycles. The molecule has 85 heavy (non-hydrogen) atoms. The van der Waals surface area contributed by atoms with E-state index in [-0.39, 0.29) is 19.3 Å². The number of hydrogen-bond donors (Lipinski definition) is 0. The lowest BCUT2D eigenvalue weighted by Crippen LogP contribution is -2.30.